The fourth-order valence-corrected chi connectivity index (χ4v) is 2.62. The maximum atomic E-state index is 10.5. The maximum Gasteiger partial charge on any atom is 1.00 e. The number of carbonyl (C=O) groups is 2. The van der Waals surface area contributed by atoms with Crippen LogP contribution in [0.1, 0.15) is 20.7 Å². The van der Waals surface area contributed by atoms with E-state index in [1.165, 1.54) is 24.3 Å². The van der Waals surface area contributed by atoms with E-state index in [0.29, 0.717) is 0 Å². The quantitative estimate of drug-likeness (QED) is 0.320. The molecule has 0 saturated heterocycles. The topological polar surface area (TPSA) is 220 Å². The van der Waals surface area contributed by atoms with Crippen molar-refractivity contribution in [3.8, 4) is 0 Å². The smallest absolute Gasteiger partial charge is 0.545 e. The van der Waals surface area contributed by atoms with Crippen molar-refractivity contribution < 1.29 is 110 Å². The number of benzene rings is 2. The number of carboxylic acids is 2. The van der Waals surface area contributed by atoms with E-state index in [9.17, 15) is 36.6 Å². The molecule has 0 atom stereocenters. The molecule has 0 saturated carbocycles. The zero-order valence-electron chi connectivity index (χ0n) is 15.1. The summed E-state index contributed by atoms with van der Waals surface area (Å²) in [5, 5.41) is 20.6. The van der Waals surface area contributed by atoms with Gasteiger partial charge in [-0.2, -0.15) is 16.8 Å². The summed E-state index contributed by atoms with van der Waals surface area (Å²) in [6.45, 7) is 0. The molecule has 29 heavy (non-hydrogen) atoms. The summed E-state index contributed by atoms with van der Waals surface area (Å²) >= 11 is 0. The van der Waals surface area contributed by atoms with E-state index in [1.807, 2.05) is 0 Å². The van der Waals surface area contributed by atoms with E-state index >= 15 is 0 Å². The van der Waals surface area contributed by atoms with Crippen molar-refractivity contribution in [2.24, 2.45) is 0 Å². The third-order valence-corrected chi connectivity index (χ3v) is 4.43. The van der Waals surface area contributed by atoms with Gasteiger partial charge in [-0.25, -0.2) is 0 Å². The molecule has 0 heterocycles. The van der Waals surface area contributed by atoms with Crippen LogP contribution in [0.2, 0.25) is 0 Å². The second-order valence-electron chi connectivity index (χ2n) is 4.58. The molecule has 11 nitrogen and oxygen atoms in total. The van der Waals surface area contributed by atoms with Gasteiger partial charge in [-0.1, -0.05) is 24.3 Å². The van der Waals surface area contributed by atoms with Crippen LogP contribution < -0.4 is 69.3 Å². The third-order valence-electron chi connectivity index (χ3n) is 2.74. The largest absolute Gasteiger partial charge is 1.00 e. The molecule has 0 spiro atoms. The van der Waals surface area contributed by atoms with Crippen molar-refractivity contribution >= 4 is 32.2 Å². The van der Waals surface area contributed by atoms with Gasteiger partial charge in [0.15, 0.2) is 0 Å². The number of hydrogen-bond acceptors (Lipinski definition) is 8. The third kappa shape index (κ3) is 11.2. The van der Waals surface area contributed by atoms with Crippen LogP contribution in [0, 0.1) is 0 Å². The SMILES string of the molecule is O.O=C([O-])c1cccc(S(=O)(=O)O)c1.O=C([O-])c1cccc(S(=O)(=O)O)c1.[Na+].[Na+]. The van der Waals surface area contributed by atoms with Gasteiger partial charge in [-0.3, -0.25) is 9.11 Å². The van der Waals surface area contributed by atoms with Crippen LogP contribution in [0.25, 0.3) is 0 Å². The number of carbonyl (C=O) groups excluding carboxylic acids is 2. The molecule has 0 radical (unpaired) electrons. The van der Waals surface area contributed by atoms with Crippen molar-refractivity contribution in [3.05, 3.63) is 59.7 Å². The van der Waals surface area contributed by atoms with Crippen LogP contribution >= 0.6 is 0 Å². The van der Waals surface area contributed by atoms with Crippen molar-refractivity contribution in [1.29, 1.82) is 0 Å². The monoisotopic (exact) mass is 466 g/mol. The summed E-state index contributed by atoms with van der Waals surface area (Å²) < 4.78 is 59.3. The Morgan fingerprint density at radius 3 is 1.17 bits per heavy atom. The van der Waals surface area contributed by atoms with Gasteiger partial charge in [-0.15, -0.1) is 0 Å². The minimum Gasteiger partial charge on any atom is -0.545 e. The molecule has 2 aromatic rings. The molecule has 0 aromatic heterocycles. The predicted octanol–water partition coefficient (Wildman–Crippen LogP) is -8.22. The van der Waals surface area contributed by atoms with E-state index < -0.39 is 42.0 Å². The first-order valence-electron chi connectivity index (χ1n) is 6.40. The Bertz CT molecular complexity index is 965. The summed E-state index contributed by atoms with van der Waals surface area (Å²) in [5.74, 6) is -2.99. The average molecular weight is 466 g/mol. The number of hydrogen-bond donors (Lipinski definition) is 2. The van der Waals surface area contributed by atoms with Crippen molar-refractivity contribution in [2.75, 3.05) is 0 Å². The Balaban J connectivity index is -0.000000422. The summed E-state index contributed by atoms with van der Waals surface area (Å²) in [6.07, 6.45) is 0. The van der Waals surface area contributed by atoms with Crippen molar-refractivity contribution in [1.82, 2.24) is 0 Å². The van der Waals surface area contributed by atoms with Gasteiger partial charge in [0.05, 0.1) is 21.7 Å². The first-order valence-corrected chi connectivity index (χ1v) is 9.28. The van der Waals surface area contributed by atoms with Crippen molar-refractivity contribution in [3.63, 3.8) is 0 Å². The molecule has 15 heteroatoms. The molecule has 4 N–H and O–H groups in total. The van der Waals surface area contributed by atoms with Crippen LogP contribution in [-0.4, -0.2) is 43.4 Å². The molecule has 0 amide bonds. The Kier molecular flexibility index (Phi) is 15.2. The van der Waals surface area contributed by atoms with E-state index in [-0.39, 0.29) is 75.7 Å². The first kappa shape index (κ1) is 32.8. The zero-order valence-corrected chi connectivity index (χ0v) is 20.7. The molecule has 2 aromatic carbocycles. The average Bonchev–Trinajstić information content (AvgIpc) is 2.54. The summed E-state index contributed by atoms with van der Waals surface area (Å²) in [7, 11) is -8.70. The minimum absolute atomic E-state index is 0. The van der Waals surface area contributed by atoms with Crippen molar-refractivity contribution in [2.45, 2.75) is 9.79 Å². The van der Waals surface area contributed by atoms with Crippen LogP contribution in [0.5, 0.6) is 0 Å². The fourth-order valence-electron chi connectivity index (χ4n) is 1.57. The Hall–Kier alpha value is -0.840. The second-order valence-corrected chi connectivity index (χ2v) is 7.42. The second kappa shape index (κ2) is 13.5. The summed E-state index contributed by atoms with van der Waals surface area (Å²) in [4.78, 5) is 19.7. The number of aromatic carboxylic acids is 2. The van der Waals surface area contributed by atoms with Gasteiger partial charge in [0.1, 0.15) is 0 Å². The zero-order chi connectivity index (χ0) is 20.1. The number of rotatable bonds is 4. The molecule has 0 aliphatic carbocycles. The van der Waals surface area contributed by atoms with Gasteiger partial charge in [0.25, 0.3) is 20.2 Å². The molecule has 0 fully saturated rings. The Morgan fingerprint density at radius 1 is 0.690 bits per heavy atom. The molecule has 0 unspecified atom stereocenters. The van der Waals surface area contributed by atoms with Gasteiger partial charge in [0, 0.05) is 0 Å². The standard InChI is InChI=1S/2C7H6O5S.2Na.H2O/c2*8-7(9)5-2-1-3-6(4-5)13(10,11)12;;;/h2*1-4H,(H,8,9)(H,10,11,12);;;1H2/q;;2*+1;/p-2. The van der Waals surface area contributed by atoms with Gasteiger partial charge >= 0.3 is 59.1 Å². The fraction of sp³-hybridized carbons (Fsp3) is 0. The molecular formula is C14H12Na2O11S2. The van der Waals surface area contributed by atoms with Gasteiger partial charge < -0.3 is 25.3 Å². The van der Waals surface area contributed by atoms with E-state index in [4.69, 9.17) is 9.11 Å². The minimum atomic E-state index is -4.35. The van der Waals surface area contributed by atoms with Gasteiger partial charge in [0.2, 0.25) is 0 Å². The Labute approximate surface area is 210 Å². The number of carboxylic acid groups (broad SMARTS) is 2. The van der Waals surface area contributed by atoms with Crippen LogP contribution in [0.15, 0.2) is 58.3 Å². The van der Waals surface area contributed by atoms with Gasteiger partial charge in [-0.05, 0) is 35.4 Å². The molecule has 2 rings (SSSR count). The van der Waals surface area contributed by atoms with E-state index in [2.05, 4.69) is 0 Å². The molecular weight excluding hydrogens is 454 g/mol. The summed E-state index contributed by atoms with van der Waals surface area (Å²) in [5.41, 5.74) is -0.592. The molecule has 0 aliphatic heterocycles. The van der Waals surface area contributed by atoms with E-state index in [0.717, 1.165) is 24.3 Å². The van der Waals surface area contributed by atoms with Crippen LogP contribution in [0.4, 0.5) is 0 Å². The van der Waals surface area contributed by atoms with Crippen LogP contribution in [0.3, 0.4) is 0 Å². The summed E-state index contributed by atoms with van der Waals surface area (Å²) in [6, 6.07) is 8.56. The maximum absolute atomic E-state index is 10.5. The molecule has 148 valence electrons. The first-order chi connectivity index (χ1) is 11.8. The Morgan fingerprint density at radius 2 is 0.966 bits per heavy atom. The molecule has 0 bridgehead atoms. The van der Waals surface area contributed by atoms with E-state index in [1.54, 1.807) is 0 Å². The van der Waals surface area contributed by atoms with Crippen LogP contribution in [-0.2, 0) is 20.2 Å². The normalized spacial score (nSPS) is 10.0. The molecule has 0 aliphatic rings. The predicted molar refractivity (Wildman–Crippen MR) is 84.8 cm³/mol.